The molecule has 0 bridgehead atoms. The Morgan fingerprint density at radius 1 is 0.840 bits per heavy atom. The molecule has 0 unspecified atom stereocenters. The third-order valence-corrected chi connectivity index (χ3v) is 21.6. The van der Waals surface area contributed by atoms with Crippen LogP contribution in [0.25, 0.3) is 0 Å². The van der Waals surface area contributed by atoms with Gasteiger partial charge in [-0.05, 0) is 41.7 Å². The summed E-state index contributed by atoms with van der Waals surface area (Å²) in [7, 11) is -4.15. The number of hydrogen-bond acceptors (Lipinski definition) is 2. The van der Waals surface area contributed by atoms with Crippen molar-refractivity contribution in [1.82, 2.24) is 0 Å². The van der Waals surface area contributed by atoms with Crippen molar-refractivity contribution in [3.63, 3.8) is 0 Å². The molecule has 6 heteroatoms. The molecule has 0 saturated carbocycles. The third kappa shape index (κ3) is 4.96. The Hall–Kier alpha value is -0.170. The number of rotatable bonds is 7. The van der Waals surface area contributed by atoms with E-state index in [0.29, 0.717) is 16.2 Å². The van der Waals surface area contributed by atoms with E-state index in [1.807, 2.05) is 19.1 Å². The molecule has 0 aliphatic carbocycles. The Labute approximate surface area is 156 Å². The molecule has 0 heterocycles. The minimum absolute atomic E-state index is 0.267. The molecule has 1 aromatic rings. The zero-order chi connectivity index (χ0) is 19.6. The number of hydrogen-bond donors (Lipinski definition) is 0. The number of aryl methyl sites for hydroxylation is 1. The lowest BCUT2D eigenvalue weighted by molar-refractivity contribution is 0.598. The summed E-state index contributed by atoms with van der Waals surface area (Å²) in [5, 5.41) is 0. The van der Waals surface area contributed by atoms with E-state index in [1.165, 1.54) is 0 Å². The topological polar surface area (TPSA) is 46.5 Å². The fourth-order valence-electron chi connectivity index (χ4n) is 3.63. The Balaban J connectivity index is 3.77. The highest BCUT2D eigenvalue weighted by molar-refractivity contribution is 8.36. The first kappa shape index (κ1) is 22.9. The molecule has 1 rings (SSSR count). The second-order valence-corrected chi connectivity index (χ2v) is 19.5. The summed E-state index contributed by atoms with van der Waals surface area (Å²) in [6.07, 6.45) is 0. The van der Waals surface area contributed by atoms with Crippen LogP contribution in [0.3, 0.4) is 0 Å². The van der Waals surface area contributed by atoms with Gasteiger partial charge < -0.3 is 0 Å². The average Bonchev–Trinajstić information content (AvgIpc) is 2.45. The van der Waals surface area contributed by atoms with Crippen LogP contribution >= 0.6 is 14.4 Å². The predicted octanol–water partition coefficient (Wildman–Crippen LogP) is 6.92. The quantitative estimate of drug-likeness (QED) is 0.464. The maximum Gasteiger partial charge on any atom is 0.281 e. The average molecular weight is 404 g/mol. The van der Waals surface area contributed by atoms with E-state index in [4.69, 9.17) is 4.15 Å². The highest BCUT2D eigenvalue weighted by atomic mass is 32.2. The second-order valence-electron chi connectivity index (χ2n) is 7.83. The summed E-state index contributed by atoms with van der Waals surface area (Å²) in [6.45, 7) is 17.5. The zero-order valence-electron chi connectivity index (χ0n) is 17.2. The first-order valence-electron chi connectivity index (χ1n) is 9.09. The number of nitrogens with zero attached hydrogens (tertiary/aromatic N) is 1. The van der Waals surface area contributed by atoms with Gasteiger partial charge in [-0.25, -0.2) is 0 Å². The Kier molecular flexibility index (Phi) is 7.94. The minimum Gasteiger partial charge on any atom is -0.199 e. The Morgan fingerprint density at radius 3 is 1.56 bits per heavy atom. The van der Waals surface area contributed by atoms with Crippen LogP contribution in [0.15, 0.2) is 33.3 Å². The van der Waals surface area contributed by atoms with Gasteiger partial charge in [0.05, 0.1) is 4.90 Å². The van der Waals surface area contributed by atoms with Gasteiger partial charge >= 0.3 is 0 Å². The van der Waals surface area contributed by atoms with Gasteiger partial charge in [-0.1, -0.05) is 80.7 Å². The molecule has 0 aliphatic heterocycles. The zero-order valence-corrected chi connectivity index (χ0v) is 19.8. The standard InChI is InChI=1S/C19H35NO2P2S/c1-14(2)23(15(3)4)24(16(5)6,17(7)8)20-25(21,22)19-12-10-18(9)11-13-19/h10-17H,1-9H3. The molecule has 0 radical (unpaired) electrons. The van der Waals surface area contributed by atoms with Crippen molar-refractivity contribution in [2.75, 3.05) is 0 Å². The second kappa shape index (κ2) is 8.68. The lowest BCUT2D eigenvalue weighted by atomic mass is 10.2. The maximum atomic E-state index is 13.2. The molecule has 0 fully saturated rings. The Bertz CT molecular complexity index is 700. The van der Waals surface area contributed by atoms with Crippen molar-refractivity contribution >= 4 is 24.4 Å². The van der Waals surface area contributed by atoms with Gasteiger partial charge in [-0.15, -0.1) is 0 Å². The van der Waals surface area contributed by atoms with Gasteiger partial charge in [0.15, 0.2) is 0 Å². The van der Waals surface area contributed by atoms with Crippen LogP contribution in [0.2, 0.25) is 0 Å². The lowest BCUT2D eigenvalue weighted by Gasteiger charge is -2.44. The third-order valence-electron chi connectivity index (χ3n) is 4.51. The molecule has 0 aliphatic rings. The molecule has 1 aromatic carbocycles. The van der Waals surface area contributed by atoms with Gasteiger partial charge in [0.25, 0.3) is 10.0 Å². The molecule has 0 atom stereocenters. The molecule has 0 saturated heterocycles. The predicted molar refractivity (Wildman–Crippen MR) is 115 cm³/mol. The molecular weight excluding hydrogens is 368 g/mol. The molecule has 0 aromatic heterocycles. The molecule has 0 N–H and O–H groups in total. The maximum absolute atomic E-state index is 13.2. The van der Waals surface area contributed by atoms with Crippen molar-refractivity contribution in [2.45, 2.75) is 89.8 Å². The summed E-state index contributed by atoms with van der Waals surface area (Å²) < 4.78 is 31.2. The van der Waals surface area contributed by atoms with Crippen LogP contribution in [0, 0.1) is 6.92 Å². The largest absolute Gasteiger partial charge is 0.281 e. The van der Waals surface area contributed by atoms with Crippen molar-refractivity contribution in [2.24, 2.45) is 4.15 Å². The summed E-state index contributed by atoms with van der Waals surface area (Å²) in [5.74, 6) is 0. The number of sulfonamides is 1. The van der Waals surface area contributed by atoms with E-state index in [0.717, 1.165) is 5.56 Å². The van der Waals surface area contributed by atoms with E-state index in [-0.39, 0.29) is 11.3 Å². The summed E-state index contributed by atoms with van der Waals surface area (Å²) in [4.78, 5) is 0.325. The van der Waals surface area contributed by atoms with E-state index in [1.54, 1.807) is 12.1 Å². The Morgan fingerprint density at radius 2 is 1.24 bits per heavy atom. The molecular formula is C19H35NO2P2S. The van der Waals surface area contributed by atoms with Gasteiger partial charge in [0.2, 0.25) is 0 Å². The molecule has 0 spiro atoms. The van der Waals surface area contributed by atoms with Crippen LogP contribution < -0.4 is 0 Å². The van der Waals surface area contributed by atoms with Crippen LogP contribution in [-0.4, -0.2) is 31.1 Å². The van der Waals surface area contributed by atoms with Crippen molar-refractivity contribution < 1.29 is 8.42 Å². The molecule has 3 nitrogen and oxygen atoms in total. The highest BCUT2D eigenvalue weighted by Gasteiger charge is 2.41. The van der Waals surface area contributed by atoms with Crippen LogP contribution in [-0.2, 0) is 10.0 Å². The summed E-state index contributed by atoms with van der Waals surface area (Å²) in [5.41, 5.74) is 2.52. The smallest absolute Gasteiger partial charge is 0.199 e. The van der Waals surface area contributed by atoms with Crippen LogP contribution in [0.4, 0.5) is 0 Å². The number of benzene rings is 1. The van der Waals surface area contributed by atoms with Gasteiger partial charge in [-0.3, -0.25) is 0 Å². The van der Waals surface area contributed by atoms with Crippen molar-refractivity contribution in [3.05, 3.63) is 29.8 Å². The van der Waals surface area contributed by atoms with E-state index in [9.17, 15) is 8.42 Å². The van der Waals surface area contributed by atoms with Gasteiger partial charge in [0, 0.05) is 6.74 Å². The summed E-state index contributed by atoms with van der Waals surface area (Å²) in [6, 6.07) is 7.08. The van der Waals surface area contributed by atoms with E-state index < -0.39 is 24.4 Å². The SMILES string of the molecule is Cc1ccc(S(=O)(=O)N=P(C(C)C)(C(C)C)P(C(C)C)C(C)C)cc1. The van der Waals surface area contributed by atoms with Crippen LogP contribution in [0.5, 0.6) is 0 Å². The van der Waals surface area contributed by atoms with Crippen molar-refractivity contribution in [3.8, 4) is 0 Å². The van der Waals surface area contributed by atoms with Gasteiger partial charge in [-0.2, -0.15) is 12.6 Å². The minimum atomic E-state index is -3.65. The molecule has 25 heavy (non-hydrogen) atoms. The first-order valence-corrected chi connectivity index (χ1v) is 14.6. The van der Waals surface area contributed by atoms with Crippen LogP contribution in [0.1, 0.15) is 61.0 Å². The first-order chi connectivity index (χ1) is 11.4. The normalized spacial score (nSPS) is 13.5. The lowest BCUT2D eigenvalue weighted by Crippen LogP contribution is -2.16. The fraction of sp³-hybridized carbons (Fsp3) is 0.684. The van der Waals surface area contributed by atoms with Gasteiger partial charge in [0.1, 0.15) is 0 Å². The van der Waals surface area contributed by atoms with Crippen molar-refractivity contribution in [1.29, 1.82) is 0 Å². The monoisotopic (exact) mass is 403 g/mol. The molecule has 0 amide bonds. The fourth-order valence-corrected chi connectivity index (χ4v) is 21.9. The highest BCUT2D eigenvalue weighted by Crippen LogP contribution is 2.85. The molecule has 144 valence electrons. The van der Waals surface area contributed by atoms with E-state index in [2.05, 4.69) is 55.4 Å². The van der Waals surface area contributed by atoms with E-state index >= 15 is 0 Å². The summed E-state index contributed by atoms with van der Waals surface area (Å²) >= 11 is 0.